The molecule has 0 saturated carbocycles. The second-order valence-corrected chi connectivity index (χ2v) is 8.66. The van der Waals surface area contributed by atoms with Crippen molar-refractivity contribution < 1.29 is 0 Å². The molecule has 27 heavy (non-hydrogen) atoms. The molecule has 1 unspecified atom stereocenters. The van der Waals surface area contributed by atoms with Gasteiger partial charge in [-0.2, -0.15) is 0 Å². The van der Waals surface area contributed by atoms with E-state index in [0.717, 1.165) is 15.2 Å². The molecule has 4 rings (SSSR count). The standard InChI is InChI=1S/C19H17N5OS2/c1-11-7-9-13(10-8-11)20-18-23-24-19(27-18)26-12(2)16-21-15-6-4-3-5-14(15)17(25)22-16/h3-10,12H,1-2H3,(H,20,23)(H,21,22,25). The number of aromatic nitrogens is 4. The number of hydrogen-bond donors (Lipinski definition) is 2. The Morgan fingerprint density at radius 3 is 2.70 bits per heavy atom. The van der Waals surface area contributed by atoms with Gasteiger partial charge in [-0.3, -0.25) is 4.79 Å². The van der Waals surface area contributed by atoms with Crippen LogP contribution in [0.5, 0.6) is 0 Å². The molecular weight excluding hydrogens is 378 g/mol. The number of nitrogens with zero attached hydrogens (tertiary/aromatic N) is 3. The maximum absolute atomic E-state index is 12.2. The Hall–Kier alpha value is -2.71. The van der Waals surface area contributed by atoms with E-state index in [0.29, 0.717) is 16.7 Å². The number of aryl methyl sites for hydroxylation is 1. The lowest BCUT2D eigenvalue weighted by atomic mass is 10.2. The minimum Gasteiger partial charge on any atom is -0.330 e. The van der Waals surface area contributed by atoms with Crippen molar-refractivity contribution in [2.24, 2.45) is 0 Å². The van der Waals surface area contributed by atoms with E-state index in [9.17, 15) is 4.79 Å². The van der Waals surface area contributed by atoms with Gasteiger partial charge in [0.25, 0.3) is 5.56 Å². The van der Waals surface area contributed by atoms with Crippen LogP contribution in [0.2, 0.25) is 0 Å². The molecule has 6 nitrogen and oxygen atoms in total. The smallest absolute Gasteiger partial charge is 0.258 e. The summed E-state index contributed by atoms with van der Waals surface area (Å²) in [6.07, 6.45) is 0. The molecule has 1 atom stereocenters. The topological polar surface area (TPSA) is 83.6 Å². The predicted octanol–water partition coefficient (Wildman–Crippen LogP) is 4.68. The zero-order valence-corrected chi connectivity index (χ0v) is 16.4. The summed E-state index contributed by atoms with van der Waals surface area (Å²) in [7, 11) is 0. The summed E-state index contributed by atoms with van der Waals surface area (Å²) in [5, 5.41) is 13.0. The number of rotatable bonds is 5. The van der Waals surface area contributed by atoms with Crippen LogP contribution in [-0.2, 0) is 0 Å². The molecule has 2 aromatic carbocycles. The second-order valence-electron chi connectivity index (χ2n) is 6.09. The molecule has 4 aromatic rings. The number of anilines is 2. The third-order valence-electron chi connectivity index (χ3n) is 4.00. The number of nitrogens with one attached hydrogen (secondary N) is 2. The van der Waals surface area contributed by atoms with E-state index in [1.165, 1.54) is 28.7 Å². The number of para-hydroxylation sites is 1. The van der Waals surface area contributed by atoms with Crippen LogP contribution in [0, 0.1) is 6.92 Å². The maximum Gasteiger partial charge on any atom is 0.258 e. The summed E-state index contributed by atoms with van der Waals surface area (Å²) in [6, 6.07) is 15.4. The fourth-order valence-electron chi connectivity index (χ4n) is 2.57. The first kappa shape index (κ1) is 17.7. The third-order valence-corrected chi connectivity index (χ3v) is 6.04. The molecule has 0 fully saturated rings. The fraction of sp³-hybridized carbons (Fsp3) is 0.158. The van der Waals surface area contributed by atoms with Gasteiger partial charge in [0, 0.05) is 5.69 Å². The Morgan fingerprint density at radius 2 is 1.89 bits per heavy atom. The van der Waals surface area contributed by atoms with Crippen LogP contribution in [0.1, 0.15) is 23.6 Å². The van der Waals surface area contributed by atoms with E-state index in [1.807, 2.05) is 49.4 Å². The molecule has 2 N–H and O–H groups in total. The van der Waals surface area contributed by atoms with Crippen molar-refractivity contribution in [3.63, 3.8) is 0 Å². The van der Waals surface area contributed by atoms with Gasteiger partial charge in [-0.25, -0.2) is 4.98 Å². The van der Waals surface area contributed by atoms with Gasteiger partial charge < -0.3 is 10.3 Å². The van der Waals surface area contributed by atoms with Crippen molar-refractivity contribution >= 4 is 44.8 Å². The molecule has 8 heteroatoms. The number of aromatic amines is 1. The molecule has 0 aliphatic carbocycles. The molecule has 0 radical (unpaired) electrons. The van der Waals surface area contributed by atoms with Crippen LogP contribution in [0.4, 0.5) is 10.8 Å². The molecule has 0 aliphatic rings. The van der Waals surface area contributed by atoms with Gasteiger partial charge in [0.1, 0.15) is 5.82 Å². The van der Waals surface area contributed by atoms with Crippen LogP contribution in [-0.4, -0.2) is 20.2 Å². The average Bonchev–Trinajstić information content (AvgIpc) is 3.10. The minimum absolute atomic E-state index is 0.0533. The fourth-order valence-corrected chi connectivity index (χ4v) is 4.55. The highest BCUT2D eigenvalue weighted by Crippen LogP contribution is 2.36. The number of fused-ring (bicyclic) bond motifs is 1. The molecule has 2 aromatic heterocycles. The monoisotopic (exact) mass is 395 g/mol. The molecule has 0 spiro atoms. The highest BCUT2D eigenvalue weighted by Gasteiger charge is 2.15. The highest BCUT2D eigenvalue weighted by molar-refractivity contribution is 8.01. The van der Waals surface area contributed by atoms with E-state index in [1.54, 1.807) is 6.07 Å². The van der Waals surface area contributed by atoms with Gasteiger partial charge >= 0.3 is 0 Å². The summed E-state index contributed by atoms with van der Waals surface area (Å²) < 4.78 is 0.813. The Morgan fingerprint density at radius 1 is 1.11 bits per heavy atom. The van der Waals surface area contributed by atoms with Gasteiger partial charge in [0.15, 0.2) is 4.34 Å². The van der Waals surface area contributed by atoms with Crippen LogP contribution >= 0.6 is 23.1 Å². The van der Waals surface area contributed by atoms with Gasteiger partial charge in [-0.05, 0) is 38.1 Å². The molecule has 0 amide bonds. The summed E-state index contributed by atoms with van der Waals surface area (Å²) in [6.45, 7) is 4.04. The van der Waals surface area contributed by atoms with Crippen molar-refractivity contribution in [3.8, 4) is 0 Å². The second kappa shape index (κ2) is 7.50. The van der Waals surface area contributed by atoms with E-state index in [-0.39, 0.29) is 10.8 Å². The first-order valence-corrected chi connectivity index (χ1v) is 10.1. The first-order chi connectivity index (χ1) is 13.1. The lowest BCUT2D eigenvalue weighted by Crippen LogP contribution is -2.12. The van der Waals surface area contributed by atoms with Gasteiger partial charge in [-0.1, -0.05) is 52.9 Å². The van der Waals surface area contributed by atoms with Crippen molar-refractivity contribution in [3.05, 3.63) is 70.3 Å². The van der Waals surface area contributed by atoms with Crippen molar-refractivity contribution in [1.29, 1.82) is 0 Å². The Bertz CT molecular complexity index is 1140. The normalized spacial score (nSPS) is 12.2. The molecule has 136 valence electrons. The van der Waals surface area contributed by atoms with Crippen LogP contribution in [0.3, 0.4) is 0 Å². The molecule has 0 aliphatic heterocycles. The predicted molar refractivity (Wildman–Crippen MR) is 111 cm³/mol. The Labute approximate surface area is 164 Å². The van der Waals surface area contributed by atoms with Gasteiger partial charge in [-0.15, -0.1) is 10.2 Å². The molecule has 2 heterocycles. The van der Waals surface area contributed by atoms with Gasteiger partial charge in [0.05, 0.1) is 16.2 Å². The molecule has 0 bridgehead atoms. The summed E-state index contributed by atoms with van der Waals surface area (Å²) in [5.74, 6) is 0.631. The Balaban J connectivity index is 1.50. The first-order valence-electron chi connectivity index (χ1n) is 8.41. The molecular formula is C19H17N5OS2. The molecule has 0 saturated heterocycles. The highest BCUT2D eigenvalue weighted by atomic mass is 32.2. The average molecular weight is 396 g/mol. The van der Waals surface area contributed by atoms with Crippen LogP contribution in [0.25, 0.3) is 10.9 Å². The third kappa shape index (κ3) is 4.01. The minimum atomic E-state index is -0.123. The number of hydrogen-bond acceptors (Lipinski definition) is 7. The van der Waals surface area contributed by atoms with E-state index in [4.69, 9.17) is 0 Å². The van der Waals surface area contributed by atoms with Crippen molar-refractivity contribution in [1.82, 2.24) is 20.2 Å². The zero-order valence-electron chi connectivity index (χ0n) is 14.8. The number of benzene rings is 2. The van der Waals surface area contributed by atoms with Crippen LogP contribution < -0.4 is 10.9 Å². The lowest BCUT2D eigenvalue weighted by Gasteiger charge is -2.08. The Kier molecular flexibility index (Phi) is 4.91. The SMILES string of the molecule is Cc1ccc(Nc2nnc(SC(C)c3nc4ccccc4c(=O)[nH]3)s2)cc1. The number of thioether (sulfide) groups is 1. The largest absolute Gasteiger partial charge is 0.330 e. The summed E-state index contributed by atoms with van der Waals surface area (Å²) in [4.78, 5) is 19.7. The van der Waals surface area contributed by atoms with Crippen molar-refractivity contribution in [2.45, 2.75) is 23.4 Å². The van der Waals surface area contributed by atoms with E-state index in [2.05, 4.69) is 32.4 Å². The maximum atomic E-state index is 12.2. The zero-order chi connectivity index (χ0) is 18.8. The van der Waals surface area contributed by atoms with Crippen molar-refractivity contribution in [2.75, 3.05) is 5.32 Å². The van der Waals surface area contributed by atoms with Crippen LogP contribution in [0.15, 0.2) is 57.7 Å². The number of H-pyrrole nitrogens is 1. The summed E-state index contributed by atoms with van der Waals surface area (Å²) >= 11 is 2.99. The van der Waals surface area contributed by atoms with Gasteiger partial charge in [0.2, 0.25) is 5.13 Å². The quantitative estimate of drug-likeness (QED) is 0.477. The summed E-state index contributed by atoms with van der Waals surface area (Å²) in [5.41, 5.74) is 2.76. The van der Waals surface area contributed by atoms with E-state index < -0.39 is 0 Å². The van der Waals surface area contributed by atoms with E-state index >= 15 is 0 Å². The lowest BCUT2D eigenvalue weighted by molar-refractivity contribution is 0.916.